The predicted octanol–water partition coefficient (Wildman–Crippen LogP) is 0.286. The number of carbonyl (C=O) groups is 1. The highest BCUT2D eigenvalue weighted by atomic mass is 32.2. The predicted molar refractivity (Wildman–Crippen MR) is 70.9 cm³/mol. The van der Waals surface area contributed by atoms with Crippen LogP contribution in [0.2, 0.25) is 0 Å². The maximum Gasteiger partial charge on any atom is 0.314 e. The lowest BCUT2D eigenvalue weighted by Gasteiger charge is -2.33. The third kappa shape index (κ3) is 2.73. The number of nitrogens with two attached hydrogens (primary N) is 1. The minimum Gasteiger partial charge on any atom is -0.481 e. The number of nitrogens with zero attached hydrogens (tertiary/aromatic N) is 1. The van der Waals surface area contributed by atoms with E-state index < -0.39 is 37.6 Å². The molecule has 0 aliphatic heterocycles. The van der Waals surface area contributed by atoms with Gasteiger partial charge in [0.2, 0.25) is 10.0 Å². The number of carboxylic acids is 1. The van der Waals surface area contributed by atoms with Crippen molar-refractivity contribution in [2.24, 2.45) is 11.1 Å². The standard InChI is InChI=1S/C11H16N2O6S/c1-2-5-8(10(14)15)11(13(16)17)7-4-3-6-9(11)20(12,18)19/h3-4,6-9H,2,5H2,1H3,(H,14,15)(H2,12,18,19). The molecule has 0 radical (unpaired) electrons. The first kappa shape index (κ1) is 16.3. The van der Waals surface area contributed by atoms with Gasteiger partial charge in [0.25, 0.3) is 5.54 Å². The van der Waals surface area contributed by atoms with Gasteiger partial charge in [-0.25, -0.2) is 13.6 Å². The summed E-state index contributed by atoms with van der Waals surface area (Å²) in [4.78, 5) is 22.0. The molecule has 0 fully saturated rings. The molecule has 0 aromatic heterocycles. The first-order valence-corrected chi connectivity index (χ1v) is 7.53. The smallest absolute Gasteiger partial charge is 0.314 e. The molecule has 112 valence electrons. The van der Waals surface area contributed by atoms with Gasteiger partial charge in [-0.3, -0.25) is 14.9 Å². The van der Waals surface area contributed by atoms with Gasteiger partial charge in [-0.05, 0) is 12.5 Å². The van der Waals surface area contributed by atoms with Crippen molar-refractivity contribution in [2.75, 3.05) is 0 Å². The van der Waals surface area contributed by atoms with Crippen LogP contribution >= 0.6 is 0 Å². The third-order valence-corrected chi connectivity index (χ3v) is 4.56. The van der Waals surface area contributed by atoms with Crippen LogP contribution in [0.4, 0.5) is 0 Å². The summed E-state index contributed by atoms with van der Waals surface area (Å²) in [6, 6.07) is 0. The Kier molecular flexibility index (Phi) is 4.66. The van der Waals surface area contributed by atoms with Crippen LogP contribution in [0.3, 0.4) is 0 Å². The number of allylic oxidation sites excluding steroid dienone is 2. The van der Waals surface area contributed by atoms with Gasteiger partial charge >= 0.3 is 5.97 Å². The molecular weight excluding hydrogens is 288 g/mol. The fourth-order valence-corrected chi connectivity index (χ4v) is 3.61. The molecule has 3 unspecified atom stereocenters. The van der Waals surface area contributed by atoms with Gasteiger partial charge < -0.3 is 5.11 Å². The van der Waals surface area contributed by atoms with Crippen molar-refractivity contribution in [3.05, 3.63) is 34.4 Å². The summed E-state index contributed by atoms with van der Waals surface area (Å²) < 4.78 is 23.3. The molecule has 0 saturated carbocycles. The normalized spacial score (nSPS) is 27.2. The topological polar surface area (TPSA) is 141 Å². The maximum absolute atomic E-state index is 11.6. The lowest BCUT2D eigenvalue weighted by atomic mass is 9.76. The molecule has 0 amide bonds. The molecule has 0 saturated heterocycles. The lowest BCUT2D eigenvalue weighted by Crippen LogP contribution is -2.59. The summed E-state index contributed by atoms with van der Waals surface area (Å²) >= 11 is 0. The van der Waals surface area contributed by atoms with Crippen LogP contribution < -0.4 is 5.14 Å². The van der Waals surface area contributed by atoms with E-state index in [4.69, 9.17) is 5.14 Å². The molecule has 9 heteroatoms. The van der Waals surface area contributed by atoms with Crippen molar-refractivity contribution in [1.29, 1.82) is 0 Å². The van der Waals surface area contributed by atoms with Gasteiger partial charge in [0, 0.05) is 4.92 Å². The van der Waals surface area contributed by atoms with Crippen molar-refractivity contribution in [1.82, 2.24) is 0 Å². The number of primary sulfonamides is 1. The largest absolute Gasteiger partial charge is 0.481 e. The van der Waals surface area contributed by atoms with E-state index in [-0.39, 0.29) is 6.42 Å². The molecule has 8 nitrogen and oxygen atoms in total. The maximum atomic E-state index is 11.6. The highest BCUT2D eigenvalue weighted by Crippen LogP contribution is 2.36. The quantitative estimate of drug-likeness (QED) is 0.533. The van der Waals surface area contributed by atoms with E-state index in [1.165, 1.54) is 12.2 Å². The second-order valence-corrected chi connectivity index (χ2v) is 6.26. The fourth-order valence-electron chi connectivity index (χ4n) is 2.44. The van der Waals surface area contributed by atoms with E-state index in [0.29, 0.717) is 6.42 Å². The van der Waals surface area contributed by atoms with Gasteiger partial charge in [-0.1, -0.05) is 31.6 Å². The fraction of sp³-hybridized carbons (Fsp3) is 0.545. The van der Waals surface area contributed by atoms with E-state index in [9.17, 15) is 28.4 Å². The molecule has 3 atom stereocenters. The average Bonchev–Trinajstić information content (AvgIpc) is 2.34. The molecule has 0 aromatic rings. The monoisotopic (exact) mass is 304 g/mol. The Morgan fingerprint density at radius 1 is 1.55 bits per heavy atom. The van der Waals surface area contributed by atoms with Gasteiger partial charge in [0.05, 0.1) is 0 Å². The number of sulfonamides is 1. The van der Waals surface area contributed by atoms with Crippen LogP contribution in [0.25, 0.3) is 0 Å². The number of aliphatic carboxylic acids is 1. The molecule has 0 bridgehead atoms. The van der Waals surface area contributed by atoms with Crippen molar-refractivity contribution in [2.45, 2.75) is 30.6 Å². The van der Waals surface area contributed by atoms with E-state index in [1.54, 1.807) is 6.92 Å². The second kappa shape index (κ2) is 5.71. The zero-order valence-electron chi connectivity index (χ0n) is 10.8. The number of nitro groups is 1. The van der Waals surface area contributed by atoms with Gasteiger partial charge in [0.1, 0.15) is 5.92 Å². The first-order valence-electron chi connectivity index (χ1n) is 5.92. The Labute approximate surface area is 116 Å². The molecule has 0 aromatic carbocycles. The Balaban J connectivity index is 3.53. The third-order valence-electron chi connectivity index (χ3n) is 3.32. The summed E-state index contributed by atoms with van der Waals surface area (Å²) in [6.07, 6.45) is 4.99. The van der Waals surface area contributed by atoms with Gasteiger partial charge in [0.15, 0.2) is 5.25 Å². The molecule has 1 aliphatic rings. The molecule has 1 rings (SSSR count). The zero-order valence-corrected chi connectivity index (χ0v) is 11.6. The molecule has 20 heavy (non-hydrogen) atoms. The average molecular weight is 304 g/mol. The van der Waals surface area contributed by atoms with Crippen LogP contribution in [0.5, 0.6) is 0 Å². The second-order valence-electron chi connectivity index (χ2n) is 4.58. The lowest BCUT2D eigenvalue weighted by molar-refractivity contribution is -0.561. The summed E-state index contributed by atoms with van der Waals surface area (Å²) in [7, 11) is -4.32. The summed E-state index contributed by atoms with van der Waals surface area (Å²) in [5.74, 6) is -2.90. The highest BCUT2D eigenvalue weighted by Gasteiger charge is 2.61. The van der Waals surface area contributed by atoms with Gasteiger partial charge in [-0.15, -0.1) is 0 Å². The van der Waals surface area contributed by atoms with Crippen LogP contribution in [-0.2, 0) is 14.8 Å². The van der Waals surface area contributed by atoms with Crippen molar-refractivity contribution >= 4 is 16.0 Å². The summed E-state index contributed by atoms with van der Waals surface area (Å²) in [5.41, 5.74) is -2.29. The molecule has 1 aliphatic carbocycles. The Hall–Kier alpha value is -1.74. The van der Waals surface area contributed by atoms with Crippen LogP contribution in [0.15, 0.2) is 24.3 Å². The number of carboxylic acid groups (broad SMARTS) is 1. The Morgan fingerprint density at radius 2 is 2.15 bits per heavy atom. The summed E-state index contributed by atoms with van der Waals surface area (Å²) in [6.45, 7) is 1.66. The van der Waals surface area contributed by atoms with E-state index in [2.05, 4.69) is 0 Å². The van der Waals surface area contributed by atoms with Crippen molar-refractivity contribution < 1.29 is 23.2 Å². The highest BCUT2D eigenvalue weighted by molar-refractivity contribution is 7.90. The molecule has 0 spiro atoms. The molecule has 0 heterocycles. The van der Waals surface area contributed by atoms with Crippen LogP contribution in [0, 0.1) is 16.0 Å². The molecular formula is C11H16N2O6S. The summed E-state index contributed by atoms with van der Waals surface area (Å²) in [5, 5.41) is 24.1. The van der Waals surface area contributed by atoms with Crippen molar-refractivity contribution in [3.63, 3.8) is 0 Å². The van der Waals surface area contributed by atoms with E-state index >= 15 is 0 Å². The van der Waals surface area contributed by atoms with E-state index in [0.717, 1.165) is 12.2 Å². The zero-order chi connectivity index (χ0) is 15.6. The minimum absolute atomic E-state index is 0.0273. The number of hydrogen-bond acceptors (Lipinski definition) is 5. The van der Waals surface area contributed by atoms with Crippen LogP contribution in [0.1, 0.15) is 19.8 Å². The SMILES string of the molecule is CCCC(C(=O)O)C1([N+](=O)[O-])C=CC=CC1S(N)(=O)=O. The van der Waals surface area contributed by atoms with Crippen LogP contribution in [-0.4, -0.2) is 35.2 Å². The van der Waals surface area contributed by atoms with Gasteiger partial charge in [-0.2, -0.15) is 0 Å². The van der Waals surface area contributed by atoms with E-state index in [1.807, 2.05) is 0 Å². The number of rotatable bonds is 6. The first-order chi connectivity index (χ1) is 9.17. The Bertz CT molecular complexity index is 567. The Morgan fingerprint density at radius 3 is 2.55 bits per heavy atom. The molecule has 3 N–H and O–H groups in total. The minimum atomic E-state index is -4.32. The number of hydrogen-bond donors (Lipinski definition) is 2. The van der Waals surface area contributed by atoms with Crippen molar-refractivity contribution in [3.8, 4) is 0 Å².